The van der Waals surface area contributed by atoms with E-state index in [0.29, 0.717) is 22.4 Å². The van der Waals surface area contributed by atoms with Gasteiger partial charge >= 0.3 is 0 Å². The van der Waals surface area contributed by atoms with Crippen molar-refractivity contribution in [1.29, 1.82) is 0 Å². The van der Waals surface area contributed by atoms with Crippen LogP contribution in [0.4, 0.5) is 5.69 Å². The first kappa shape index (κ1) is 21.4. The Morgan fingerprint density at radius 2 is 1.83 bits per heavy atom. The fourth-order valence-corrected chi connectivity index (χ4v) is 4.15. The highest BCUT2D eigenvalue weighted by Gasteiger charge is 2.13. The van der Waals surface area contributed by atoms with Crippen LogP contribution in [-0.4, -0.2) is 26.3 Å². The normalized spacial score (nSPS) is 10.9. The van der Waals surface area contributed by atoms with Crippen LogP contribution in [0, 0.1) is 20.8 Å². The van der Waals surface area contributed by atoms with Crippen molar-refractivity contribution >= 4 is 35.0 Å². The number of anilines is 1. The van der Waals surface area contributed by atoms with Crippen LogP contribution in [0.2, 0.25) is 5.02 Å². The summed E-state index contributed by atoms with van der Waals surface area (Å²) in [4.78, 5) is 17.0. The molecule has 0 saturated carbocycles. The van der Waals surface area contributed by atoms with Crippen LogP contribution in [-0.2, 0) is 17.9 Å². The molecule has 1 amide bonds. The lowest BCUT2D eigenvalue weighted by Crippen LogP contribution is -2.16. The summed E-state index contributed by atoms with van der Waals surface area (Å²) in [6.45, 7) is 6.48. The number of aliphatic hydroxyl groups is 1. The van der Waals surface area contributed by atoms with Crippen molar-refractivity contribution in [2.24, 2.45) is 0 Å². The third-order valence-corrected chi connectivity index (χ3v) is 5.73. The summed E-state index contributed by atoms with van der Waals surface area (Å²) in [5.74, 6) is 0.145. The van der Waals surface area contributed by atoms with E-state index >= 15 is 0 Å². The zero-order chi connectivity index (χ0) is 21.0. The summed E-state index contributed by atoms with van der Waals surface area (Å²) < 4.78 is 1.94. The van der Waals surface area contributed by atoms with Crippen LogP contribution in [0.15, 0.2) is 47.8 Å². The van der Waals surface area contributed by atoms with Gasteiger partial charge in [-0.25, -0.2) is 4.98 Å². The van der Waals surface area contributed by atoms with Crippen molar-refractivity contribution in [3.63, 3.8) is 0 Å². The number of halogens is 1. The topological polar surface area (TPSA) is 67.2 Å². The highest BCUT2D eigenvalue weighted by atomic mass is 35.5. The van der Waals surface area contributed by atoms with Crippen molar-refractivity contribution in [3.05, 3.63) is 75.6 Å². The predicted molar refractivity (Wildman–Crippen MR) is 119 cm³/mol. The Morgan fingerprint density at radius 3 is 2.45 bits per heavy atom. The van der Waals surface area contributed by atoms with E-state index in [0.717, 1.165) is 22.4 Å². The number of aryl methyl sites for hydroxylation is 3. The van der Waals surface area contributed by atoms with Crippen molar-refractivity contribution in [2.45, 2.75) is 39.1 Å². The molecule has 3 rings (SSSR count). The fourth-order valence-electron chi connectivity index (χ4n) is 3.22. The van der Waals surface area contributed by atoms with Crippen molar-refractivity contribution in [2.75, 3.05) is 11.1 Å². The number of aromatic nitrogens is 2. The molecule has 29 heavy (non-hydrogen) atoms. The zero-order valence-electron chi connectivity index (χ0n) is 16.7. The molecule has 1 heterocycles. The number of amides is 1. The van der Waals surface area contributed by atoms with Crippen LogP contribution >= 0.6 is 23.4 Å². The molecule has 5 nitrogen and oxygen atoms in total. The number of carbonyl (C=O) groups is 1. The van der Waals surface area contributed by atoms with Gasteiger partial charge in [-0.15, -0.1) is 0 Å². The van der Waals surface area contributed by atoms with Crippen molar-refractivity contribution in [3.8, 4) is 0 Å². The Labute approximate surface area is 180 Å². The van der Waals surface area contributed by atoms with E-state index < -0.39 is 0 Å². The largest absolute Gasteiger partial charge is 0.390 e. The van der Waals surface area contributed by atoms with Gasteiger partial charge in [0.2, 0.25) is 5.91 Å². The summed E-state index contributed by atoms with van der Waals surface area (Å²) in [7, 11) is 0. The SMILES string of the molecule is Cc1cc(C)c(NC(=O)CSc2nc(CO)cn2Cc2ccc(Cl)cc2)c(C)c1. The predicted octanol–water partition coefficient (Wildman–Crippen LogP) is 4.73. The number of hydrogen-bond donors (Lipinski definition) is 2. The summed E-state index contributed by atoms with van der Waals surface area (Å²) >= 11 is 7.30. The minimum absolute atomic E-state index is 0.0864. The monoisotopic (exact) mass is 429 g/mol. The van der Waals surface area contributed by atoms with E-state index in [-0.39, 0.29) is 18.3 Å². The molecule has 0 saturated heterocycles. The first-order chi connectivity index (χ1) is 13.9. The molecule has 0 spiro atoms. The highest BCUT2D eigenvalue weighted by molar-refractivity contribution is 7.99. The molecule has 2 aromatic carbocycles. The number of carbonyl (C=O) groups excluding carboxylic acids is 1. The number of thioether (sulfide) groups is 1. The second kappa shape index (κ2) is 9.48. The van der Waals surface area contributed by atoms with Crippen LogP contribution in [0.25, 0.3) is 0 Å². The van der Waals surface area contributed by atoms with Gasteiger partial charge in [0.25, 0.3) is 0 Å². The van der Waals surface area contributed by atoms with E-state index in [2.05, 4.69) is 22.4 Å². The molecule has 0 aliphatic heterocycles. The lowest BCUT2D eigenvalue weighted by atomic mass is 10.1. The Bertz CT molecular complexity index is 992. The van der Waals surface area contributed by atoms with Crippen molar-refractivity contribution < 1.29 is 9.90 Å². The molecular formula is C22H24ClN3O2S. The van der Waals surface area contributed by atoms with Crippen molar-refractivity contribution in [1.82, 2.24) is 9.55 Å². The minimum atomic E-state index is -0.144. The van der Waals surface area contributed by atoms with Crippen LogP contribution in [0.1, 0.15) is 27.9 Å². The summed E-state index contributed by atoms with van der Waals surface area (Å²) in [6.07, 6.45) is 1.81. The van der Waals surface area contributed by atoms with Gasteiger partial charge in [0.15, 0.2) is 5.16 Å². The number of aliphatic hydroxyl groups excluding tert-OH is 1. The maximum atomic E-state index is 12.5. The number of benzene rings is 2. The molecule has 1 aromatic heterocycles. The van der Waals surface area contributed by atoms with E-state index in [1.54, 1.807) is 0 Å². The van der Waals surface area contributed by atoms with Gasteiger partial charge in [0, 0.05) is 23.5 Å². The molecule has 3 aromatic rings. The molecule has 2 N–H and O–H groups in total. The first-order valence-electron chi connectivity index (χ1n) is 9.27. The van der Waals surface area contributed by atoms with E-state index in [9.17, 15) is 9.90 Å². The Hall–Kier alpha value is -2.28. The molecule has 0 fully saturated rings. The molecule has 0 unspecified atom stereocenters. The summed E-state index contributed by atoms with van der Waals surface area (Å²) in [5.41, 5.74) is 5.77. The van der Waals surface area contributed by atoms with E-state index in [1.807, 2.05) is 55.8 Å². The lowest BCUT2D eigenvalue weighted by Gasteiger charge is -2.13. The van der Waals surface area contributed by atoms with Gasteiger partial charge in [-0.2, -0.15) is 0 Å². The standard InChI is InChI=1S/C22H24ClN3O2S/c1-14-8-15(2)21(16(3)9-14)25-20(28)13-29-22-24-19(12-27)11-26(22)10-17-4-6-18(23)7-5-17/h4-9,11,27H,10,12-13H2,1-3H3,(H,25,28). The maximum Gasteiger partial charge on any atom is 0.234 e. The zero-order valence-corrected chi connectivity index (χ0v) is 18.3. The quantitative estimate of drug-likeness (QED) is 0.532. The van der Waals surface area contributed by atoms with Gasteiger partial charge in [0.05, 0.1) is 18.1 Å². The summed E-state index contributed by atoms with van der Waals surface area (Å²) in [6, 6.07) is 11.7. The summed E-state index contributed by atoms with van der Waals surface area (Å²) in [5, 5.41) is 13.8. The number of rotatable bonds is 7. The van der Waals surface area contributed by atoms with Crippen LogP contribution < -0.4 is 5.32 Å². The van der Waals surface area contributed by atoms with Gasteiger partial charge in [0.1, 0.15) is 0 Å². The van der Waals surface area contributed by atoms with E-state index in [4.69, 9.17) is 11.6 Å². The Balaban J connectivity index is 1.69. The molecule has 0 aliphatic carbocycles. The number of imidazole rings is 1. The van der Waals surface area contributed by atoms with Gasteiger partial charge < -0.3 is 15.0 Å². The molecule has 0 radical (unpaired) electrons. The second-order valence-electron chi connectivity index (χ2n) is 7.04. The lowest BCUT2D eigenvalue weighted by molar-refractivity contribution is -0.113. The van der Waals surface area contributed by atoms with Gasteiger partial charge in [-0.05, 0) is 49.6 Å². The molecular weight excluding hydrogens is 406 g/mol. The Kier molecular flexibility index (Phi) is 7.00. The van der Waals surface area contributed by atoms with E-state index in [1.165, 1.54) is 17.3 Å². The number of hydrogen-bond acceptors (Lipinski definition) is 4. The molecule has 0 bridgehead atoms. The van der Waals surface area contributed by atoms with Gasteiger partial charge in [-0.1, -0.05) is 53.2 Å². The second-order valence-corrected chi connectivity index (χ2v) is 8.42. The highest BCUT2D eigenvalue weighted by Crippen LogP contribution is 2.24. The van der Waals surface area contributed by atoms with Crippen LogP contribution in [0.5, 0.6) is 0 Å². The fraction of sp³-hybridized carbons (Fsp3) is 0.273. The van der Waals surface area contributed by atoms with Crippen LogP contribution in [0.3, 0.4) is 0 Å². The molecule has 0 aliphatic rings. The minimum Gasteiger partial charge on any atom is -0.390 e. The third-order valence-electron chi connectivity index (χ3n) is 4.49. The maximum absolute atomic E-state index is 12.5. The molecule has 152 valence electrons. The average molecular weight is 430 g/mol. The Morgan fingerprint density at radius 1 is 1.17 bits per heavy atom. The third kappa shape index (κ3) is 5.63. The number of nitrogens with zero attached hydrogens (tertiary/aromatic N) is 2. The smallest absolute Gasteiger partial charge is 0.234 e. The number of nitrogens with one attached hydrogen (secondary N) is 1. The average Bonchev–Trinajstić information content (AvgIpc) is 3.06. The van der Waals surface area contributed by atoms with Gasteiger partial charge in [-0.3, -0.25) is 4.79 Å². The molecule has 7 heteroatoms. The molecule has 0 atom stereocenters. The first-order valence-corrected chi connectivity index (χ1v) is 10.6.